The molecule has 0 saturated carbocycles. The van der Waals surface area contributed by atoms with Crippen molar-refractivity contribution >= 4 is 22.2 Å². The maximum Gasteiger partial charge on any atom is 0.175 e. The number of ether oxygens (including phenoxy) is 3. The summed E-state index contributed by atoms with van der Waals surface area (Å²) in [5.41, 5.74) is 0.568. The van der Waals surface area contributed by atoms with Crippen molar-refractivity contribution in [2.45, 2.75) is 19.8 Å². The van der Waals surface area contributed by atoms with E-state index in [4.69, 9.17) is 14.2 Å². The Bertz CT molecular complexity index is 455. The van der Waals surface area contributed by atoms with E-state index < -0.39 is 0 Å². The molecule has 1 fully saturated rings. The molecule has 0 N–H and O–H groups in total. The first-order valence-electron chi connectivity index (χ1n) is 6.86. The molecule has 5 heteroatoms. The topological polar surface area (TPSA) is 44.8 Å². The van der Waals surface area contributed by atoms with Crippen LogP contribution >= 0.6 is 15.9 Å². The van der Waals surface area contributed by atoms with Crippen LogP contribution in [-0.4, -0.2) is 32.7 Å². The number of halogens is 1. The van der Waals surface area contributed by atoms with Crippen LogP contribution in [0.1, 0.15) is 30.1 Å². The molecule has 20 heavy (non-hydrogen) atoms. The van der Waals surface area contributed by atoms with Crippen molar-refractivity contribution in [3.05, 3.63) is 22.2 Å². The molecule has 0 spiro atoms. The van der Waals surface area contributed by atoms with E-state index in [2.05, 4.69) is 15.9 Å². The molecular weight excluding hydrogens is 324 g/mol. The Labute approximate surface area is 127 Å². The minimum atomic E-state index is 0.510. The fourth-order valence-corrected chi connectivity index (χ4v) is 2.75. The quantitative estimate of drug-likeness (QED) is 0.742. The van der Waals surface area contributed by atoms with Crippen LogP contribution in [0.15, 0.2) is 16.6 Å². The molecule has 1 aliphatic rings. The Morgan fingerprint density at radius 2 is 2.10 bits per heavy atom. The van der Waals surface area contributed by atoms with Gasteiger partial charge in [0.05, 0.1) is 17.7 Å². The van der Waals surface area contributed by atoms with E-state index in [1.165, 1.54) is 0 Å². The third-order valence-electron chi connectivity index (χ3n) is 3.27. The van der Waals surface area contributed by atoms with Crippen LogP contribution in [0, 0.1) is 5.92 Å². The van der Waals surface area contributed by atoms with Gasteiger partial charge in [-0.25, -0.2) is 0 Å². The predicted molar refractivity (Wildman–Crippen MR) is 79.7 cm³/mol. The summed E-state index contributed by atoms with van der Waals surface area (Å²) >= 11 is 3.45. The summed E-state index contributed by atoms with van der Waals surface area (Å²) in [5, 5.41) is 0. The lowest BCUT2D eigenvalue weighted by Gasteiger charge is -2.23. The van der Waals surface area contributed by atoms with Gasteiger partial charge in [-0.2, -0.15) is 0 Å². The molecule has 110 valence electrons. The number of carbonyl (C=O) groups is 1. The van der Waals surface area contributed by atoms with E-state index in [1.54, 1.807) is 12.1 Å². The molecule has 1 aliphatic heterocycles. The standard InChI is InChI=1S/C15H19BrO4/c1-2-19-14-8-12(9-17)7-13(16)15(14)20-10-11-3-5-18-6-4-11/h7-9,11H,2-6,10H2,1H3. The zero-order valence-corrected chi connectivity index (χ0v) is 13.1. The predicted octanol–water partition coefficient (Wildman–Crippen LogP) is 3.47. The van der Waals surface area contributed by atoms with E-state index in [9.17, 15) is 4.79 Å². The molecule has 1 aromatic rings. The summed E-state index contributed by atoms with van der Waals surface area (Å²) in [6.45, 7) is 4.68. The van der Waals surface area contributed by atoms with Crippen molar-refractivity contribution in [2.24, 2.45) is 5.92 Å². The first-order chi connectivity index (χ1) is 9.74. The third-order valence-corrected chi connectivity index (χ3v) is 3.86. The highest BCUT2D eigenvalue weighted by Gasteiger charge is 2.17. The van der Waals surface area contributed by atoms with Crippen LogP contribution in [0.25, 0.3) is 0 Å². The summed E-state index contributed by atoms with van der Waals surface area (Å²) < 4.78 is 17.6. The second-order valence-corrected chi connectivity index (χ2v) is 5.60. The lowest BCUT2D eigenvalue weighted by Crippen LogP contribution is -2.21. The largest absolute Gasteiger partial charge is 0.490 e. The zero-order chi connectivity index (χ0) is 14.4. The minimum absolute atomic E-state index is 0.510. The minimum Gasteiger partial charge on any atom is -0.490 e. The SMILES string of the molecule is CCOc1cc(C=O)cc(Br)c1OCC1CCOCC1. The maximum atomic E-state index is 10.9. The van der Waals surface area contributed by atoms with E-state index >= 15 is 0 Å². The average Bonchev–Trinajstić information content (AvgIpc) is 2.47. The summed E-state index contributed by atoms with van der Waals surface area (Å²) in [5.74, 6) is 1.79. The smallest absolute Gasteiger partial charge is 0.175 e. The van der Waals surface area contributed by atoms with Gasteiger partial charge in [-0.15, -0.1) is 0 Å². The van der Waals surface area contributed by atoms with Gasteiger partial charge < -0.3 is 14.2 Å². The average molecular weight is 343 g/mol. The van der Waals surface area contributed by atoms with Crippen LogP contribution in [0.3, 0.4) is 0 Å². The molecule has 0 aromatic heterocycles. The summed E-state index contributed by atoms with van der Waals surface area (Å²) in [6, 6.07) is 3.45. The van der Waals surface area contributed by atoms with E-state index in [0.717, 1.165) is 36.8 Å². The van der Waals surface area contributed by atoms with Gasteiger partial charge in [0.1, 0.15) is 6.29 Å². The maximum absolute atomic E-state index is 10.9. The molecule has 1 heterocycles. The fraction of sp³-hybridized carbons (Fsp3) is 0.533. The molecule has 4 nitrogen and oxygen atoms in total. The van der Waals surface area contributed by atoms with Crippen LogP contribution in [-0.2, 0) is 4.74 Å². The Morgan fingerprint density at radius 1 is 1.35 bits per heavy atom. The number of aldehydes is 1. The highest BCUT2D eigenvalue weighted by molar-refractivity contribution is 9.10. The fourth-order valence-electron chi connectivity index (χ4n) is 2.17. The van der Waals surface area contributed by atoms with Crippen molar-refractivity contribution in [3.8, 4) is 11.5 Å². The highest BCUT2D eigenvalue weighted by Crippen LogP contribution is 2.37. The molecule has 0 amide bonds. The molecule has 0 bridgehead atoms. The summed E-state index contributed by atoms with van der Waals surface area (Å²) in [4.78, 5) is 10.9. The Balaban J connectivity index is 2.10. The molecule has 0 aliphatic carbocycles. The number of benzene rings is 1. The van der Waals surface area contributed by atoms with E-state index in [-0.39, 0.29) is 0 Å². The van der Waals surface area contributed by atoms with Crippen molar-refractivity contribution in [1.29, 1.82) is 0 Å². The number of hydrogen-bond donors (Lipinski definition) is 0. The second-order valence-electron chi connectivity index (χ2n) is 4.75. The normalized spacial score (nSPS) is 15.9. The van der Waals surface area contributed by atoms with Crippen LogP contribution in [0.4, 0.5) is 0 Å². The number of rotatable bonds is 6. The van der Waals surface area contributed by atoms with Gasteiger partial charge in [0.15, 0.2) is 11.5 Å². The second kappa shape index (κ2) is 7.64. The third kappa shape index (κ3) is 3.96. The van der Waals surface area contributed by atoms with Gasteiger partial charge in [0, 0.05) is 18.8 Å². The molecular formula is C15H19BrO4. The molecule has 0 radical (unpaired) electrons. The summed E-state index contributed by atoms with van der Waals surface area (Å²) in [7, 11) is 0. The molecule has 0 atom stereocenters. The van der Waals surface area contributed by atoms with Crippen LogP contribution in [0.2, 0.25) is 0 Å². The van der Waals surface area contributed by atoms with Gasteiger partial charge in [-0.1, -0.05) is 0 Å². The number of hydrogen-bond acceptors (Lipinski definition) is 4. The van der Waals surface area contributed by atoms with Crippen LogP contribution < -0.4 is 9.47 Å². The zero-order valence-electron chi connectivity index (χ0n) is 11.6. The first kappa shape index (κ1) is 15.3. The van der Waals surface area contributed by atoms with Crippen molar-refractivity contribution in [2.75, 3.05) is 26.4 Å². The molecule has 0 unspecified atom stereocenters. The van der Waals surface area contributed by atoms with Gasteiger partial charge >= 0.3 is 0 Å². The monoisotopic (exact) mass is 342 g/mol. The van der Waals surface area contributed by atoms with E-state index in [1.807, 2.05) is 6.92 Å². The van der Waals surface area contributed by atoms with Crippen LogP contribution in [0.5, 0.6) is 11.5 Å². The Kier molecular flexibility index (Phi) is 5.86. The molecule has 1 aromatic carbocycles. The lowest BCUT2D eigenvalue weighted by atomic mass is 10.0. The van der Waals surface area contributed by atoms with Crippen molar-refractivity contribution in [3.63, 3.8) is 0 Å². The molecule has 1 saturated heterocycles. The van der Waals surface area contributed by atoms with E-state index in [0.29, 0.717) is 36.2 Å². The lowest BCUT2D eigenvalue weighted by molar-refractivity contribution is 0.0491. The van der Waals surface area contributed by atoms with Gasteiger partial charge in [-0.3, -0.25) is 4.79 Å². The summed E-state index contributed by atoms with van der Waals surface area (Å²) in [6.07, 6.45) is 2.84. The van der Waals surface area contributed by atoms with Gasteiger partial charge in [0.2, 0.25) is 0 Å². The Morgan fingerprint density at radius 3 is 2.75 bits per heavy atom. The Hall–Kier alpha value is -1.07. The highest BCUT2D eigenvalue weighted by atomic mass is 79.9. The van der Waals surface area contributed by atoms with Gasteiger partial charge in [0.25, 0.3) is 0 Å². The first-order valence-corrected chi connectivity index (χ1v) is 7.66. The molecule has 2 rings (SSSR count). The van der Waals surface area contributed by atoms with Crippen molar-refractivity contribution < 1.29 is 19.0 Å². The van der Waals surface area contributed by atoms with Crippen molar-refractivity contribution in [1.82, 2.24) is 0 Å². The number of carbonyl (C=O) groups excluding carboxylic acids is 1. The van der Waals surface area contributed by atoms with Gasteiger partial charge in [-0.05, 0) is 53.7 Å².